The highest BCUT2D eigenvalue weighted by Gasteiger charge is 2.26. The number of rotatable bonds is 4. The summed E-state index contributed by atoms with van der Waals surface area (Å²) in [5, 5.41) is 0. The minimum absolute atomic E-state index is 0. The number of hydrogen-bond acceptors (Lipinski definition) is 4. The maximum atomic E-state index is 12.7. The van der Waals surface area contributed by atoms with Crippen molar-refractivity contribution < 1.29 is 4.79 Å². The van der Waals surface area contributed by atoms with Gasteiger partial charge in [-0.25, -0.2) is 0 Å². The van der Waals surface area contributed by atoms with Crippen LogP contribution in [0.4, 0.5) is 11.4 Å². The van der Waals surface area contributed by atoms with Gasteiger partial charge in [-0.15, -0.1) is 24.8 Å². The Morgan fingerprint density at radius 3 is 2.36 bits per heavy atom. The zero-order valence-electron chi connectivity index (χ0n) is 15.9. The molecule has 0 aromatic heterocycles. The van der Waals surface area contributed by atoms with Gasteiger partial charge in [0.05, 0.1) is 6.54 Å². The Balaban J connectivity index is 0.00000140. The second-order valence-electron chi connectivity index (χ2n) is 7.22. The fourth-order valence-corrected chi connectivity index (χ4v) is 3.93. The molecule has 2 aliphatic rings. The SMILES string of the molecule is Cl.Cl.Nc1cccc(CN2CCN(CC(=O)N3CCc4ccccc43)CC2)c1. The molecule has 7 heteroatoms. The standard InChI is InChI=1S/C21H26N4O.2ClH/c22-19-6-3-4-17(14-19)15-23-10-12-24(13-11-23)16-21(26)25-9-8-18-5-1-2-7-20(18)25;;/h1-7,14H,8-13,15-16,22H2;2*1H. The normalized spacial score (nSPS) is 16.8. The van der Waals surface area contributed by atoms with Gasteiger partial charge in [0.2, 0.25) is 5.91 Å². The molecule has 28 heavy (non-hydrogen) atoms. The van der Waals surface area contributed by atoms with Crippen LogP contribution in [0.1, 0.15) is 11.1 Å². The number of piperazine rings is 1. The third-order valence-electron chi connectivity index (χ3n) is 5.37. The summed E-state index contributed by atoms with van der Waals surface area (Å²) in [5.41, 5.74) is 10.3. The van der Waals surface area contributed by atoms with Gasteiger partial charge in [0, 0.05) is 50.6 Å². The lowest BCUT2D eigenvalue weighted by Gasteiger charge is -2.35. The summed E-state index contributed by atoms with van der Waals surface area (Å²) in [5.74, 6) is 0.222. The summed E-state index contributed by atoms with van der Waals surface area (Å²) >= 11 is 0. The molecule has 0 saturated carbocycles. The molecule has 0 atom stereocenters. The van der Waals surface area contributed by atoms with E-state index in [4.69, 9.17) is 5.73 Å². The third kappa shape index (κ3) is 5.17. The largest absolute Gasteiger partial charge is 0.399 e. The van der Waals surface area contributed by atoms with Gasteiger partial charge in [0.25, 0.3) is 0 Å². The lowest BCUT2D eigenvalue weighted by molar-refractivity contribution is -0.120. The fourth-order valence-electron chi connectivity index (χ4n) is 3.93. The van der Waals surface area contributed by atoms with E-state index in [1.54, 1.807) is 0 Å². The maximum absolute atomic E-state index is 12.7. The van der Waals surface area contributed by atoms with Gasteiger partial charge in [0.15, 0.2) is 0 Å². The average molecular weight is 423 g/mol. The molecule has 2 heterocycles. The summed E-state index contributed by atoms with van der Waals surface area (Å²) in [6, 6.07) is 16.3. The van der Waals surface area contributed by atoms with Gasteiger partial charge < -0.3 is 10.6 Å². The minimum Gasteiger partial charge on any atom is -0.399 e. The fraction of sp³-hybridized carbons (Fsp3) is 0.381. The predicted octanol–water partition coefficient (Wildman–Crippen LogP) is 2.82. The Kier molecular flexibility index (Phi) is 8.13. The number of hydrogen-bond donors (Lipinski definition) is 1. The zero-order chi connectivity index (χ0) is 17.9. The van der Waals surface area contributed by atoms with Crippen LogP contribution in [-0.2, 0) is 17.8 Å². The maximum Gasteiger partial charge on any atom is 0.241 e. The Morgan fingerprint density at radius 1 is 0.893 bits per heavy atom. The van der Waals surface area contributed by atoms with Crippen LogP contribution in [0.25, 0.3) is 0 Å². The van der Waals surface area contributed by atoms with Crippen molar-refractivity contribution in [3.05, 3.63) is 59.7 Å². The van der Waals surface area contributed by atoms with Gasteiger partial charge in [-0.05, 0) is 35.7 Å². The molecule has 2 aromatic rings. The van der Waals surface area contributed by atoms with Crippen LogP contribution >= 0.6 is 24.8 Å². The van der Waals surface area contributed by atoms with Crippen LogP contribution < -0.4 is 10.6 Å². The highest BCUT2D eigenvalue weighted by molar-refractivity contribution is 5.96. The predicted molar refractivity (Wildman–Crippen MR) is 120 cm³/mol. The molecule has 0 aliphatic carbocycles. The van der Waals surface area contributed by atoms with E-state index in [0.717, 1.165) is 57.1 Å². The molecule has 1 saturated heterocycles. The van der Waals surface area contributed by atoms with Crippen LogP contribution in [0.5, 0.6) is 0 Å². The Bertz CT molecular complexity index is 793. The van der Waals surface area contributed by atoms with E-state index < -0.39 is 0 Å². The number of fused-ring (bicyclic) bond motifs is 1. The molecular formula is C21H28Cl2N4O. The van der Waals surface area contributed by atoms with Crippen molar-refractivity contribution in [3.8, 4) is 0 Å². The highest BCUT2D eigenvalue weighted by Crippen LogP contribution is 2.27. The third-order valence-corrected chi connectivity index (χ3v) is 5.37. The van der Waals surface area contributed by atoms with E-state index in [1.165, 1.54) is 11.1 Å². The monoisotopic (exact) mass is 422 g/mol. The van der Waals surface area contributed by atoms with Crippen molar-refractivity contribution in [1.82, 2.24) is 9.80 Å². The summed E-state index contributed by atoms with van der Waals surface area (Å²) < 4.78 is 0. The van der Waals surface area contributed by atoms with E-state index in [1.807, 2.05) is 35.2 Å². The van der Waals surface area contributed by atoms with Crippen LogP contribution in [0.15, 0.2) is 48.5 Å². The molecule has 0 unspecified atom stereocenters. The molecule has 0 bridgehead atoms. The van der Waals surface area contributed by atoms with Crippen LogP contribution in [0.3, 0.4) is 0 Å². The van der Waals surface area contributed by atoms with E-state index in [9.17, 15) is 4.79 Å². The van der Waals surface area contributed by atoms with E-state index in [-0.39, 0.29) is 30.7 Å². The molecule has 0 radical (unpaired) electrons. The molecular weight excluding hydrogens is 395 g/mol. The van der Waals surface area contributed by atoms with Gasteiger partial charge in [0.1, 0.15) is 0 Å². The van der Waals surface area contributed by atoms with Gasteiger partial charge in [-0.2, -0.15) is 0 Å². The van der Waals surface area contributed by atoms with Crippen molar-refractivity contribution in [2.45, 2.75) is 13.0 Å². The first-order chi connectivity index (χ1) is 12.7. The number of carbonyl (C=O) groups is 1. The molecule has 152 valence electrons. The molecule has 4 rings (SSSR count). The van der Waals surface area contributed by atoms with E-state index in [2.05, 4.69) is 28.0 Å². The van der Waals surface area contributed by atoms with Gasteiger partial charge in [-0.1, -0.05) is 30.3 Å². The number of para-hydroxylation sites is 1. The van der Waals surface area contributed by atoms with Crippen molar-refractivity contribution in [1.29, 1.82) is 0 Å². The van der Waals surface area contributed by atoms with Crippen molar-refractivity contribution >= 4 is 42.1 Å². The number of nitrogens with zero attached hydrogens (tertiary/aromatic N) is 3. The lowest BCUT2D eigenvalue weighted by Crippen LogP contribution is -2.49. The lowest BCUT2D eigenvalue weighted by atomic mass is 10.1. The van der Waals surface area contributed by atoms with E-state index >= 15 is 0 Å². The van der Waals surface area contributed by atoms with E-state index in [0.29, 0.717) is 6.54 Å². The summed E-state index contributed by atoms with van der Waals surface area (Å²) in [7, 11) is 0. The minimum atomic E-state index is 0. The summed E-state index contributed by atoms with van der Waals surface area (Å²) in [6.07, 6.45) is 0.968. The quantitative estimate of drug-likeness (QED) is 0.769. The first-order valence-electron chi connectivity index (χ1n) is 9.36. The van der Waals surface area contributed by atoms with Crippen LogP contribution in [-0.4, -0.2) is 55.0 Å². The molecule has 1 fully saturated rings. The topological polar surface area (TPSA) is 52.8 Å². The molecule has 2 N–H and O–H groups in total. The number of nitrogens with two attached hydrogens (primary N) is 1. The number of benzene rings is 2. The number of halogens is 2. The summed E-state index contributed by atoms with van der Waals surface area (Å²) in [4.78, 5) is 19.4. The molecule has 5 nitrogen and oxygen atoms in total. The average Bonchev–Trinajstić information content (AvgIpc) is 3.08. The van der Waals surface area contributed by atoms with Crippen LogP contribution in [0, 0.1) is 0 Å². The number of carbonyl (C=O) groups excluding carboxylic acids is 1. The highest BCUT2D eigenvalue weighted by atomic mass is 35.5. The number of amides is 1. The van der Waals surface area contributed by atoms with Crippen LogP contribution in [0.2, 0.25) is 0 Å². The Labute approximate surface area is 179 Å². The van der Waals surface area contributed by atoms with Crippen molar-refractivity contribution in [2.24, 2.45) is 0 Å². The molecule has 0 spiro atoms. The first kappa shape index (κ1) is 22.5. The van der Waals surface area contributed by atoms with Crippen molar-refractivity contribution in [3.63, 3.8) is 0 Å². The second-order valence-corrected chi connectivity index (χ2v) is 7.22. The smallest absolute Gasteiger partial charge is 0.241 e. The van der Waals surface area contributed by atoms with Gasteiger partial charge >= 0.3 is 0 Å². The first-order valence-corrected chi connectivity index (χ1v) is 9.36. The second kappa shape index (κ2) is 10.1. The summed E-state index contributed by atoms with van der Waals surface area (Å²) in [6.45, 7) is 6.09. The Hall–Kier alpha value is -1.79. The van der Waals surface area contributed by atoms with Gasteiger partial charge in [-0.3, -0.25) is 14.6 Å². The number of anilines is 2. The molecule has 1 amide bonds. The van der Waals surface area contributed by atoms with Crippen molar-refractivity contribution in [2.75, 3.05) is 49.9 Å². The molecule has 2 aliphatic heterocycles. The Morgan fingerprint density at radius 2 is 1.61 bits per heavy atom. The molecule has 2 aromatic carbocycles. The number of nitrogen functional groups attached to an aromatic ring is 1. The zero-order valence-corrected chi connectivity index (χ0v) is 17.6.